The SMILES string of the molecule is CCNC(=NCC(=O)Nc1ccc(O)cc1)N1CCN(C2CC3CCC2C3)CC1. The van der Waals surface area contributed by atoms with Crippen molar-refractivity contribution in [1.29, 1.82) is 0 Å². The van der Waals surface area contributed by atoms with Crippen LogP contribution in [0.5, 0.6) is 5.75 Å². The minimum atomic E-state index is -0.160. The molecular weight excluding hydrogens is 366 g/mol. The van der Waals surface area contributed by atoms with Crippen LogP contribution < -0.4 is 10.6 Å². The Labute approximate surface area is 173 Å². The molecule has 29 heavy (non-hydrogen) atoms. The summed E-state index contributed by atoms with van der Waals surface area (Å²) >= 11 is 0. The third kappa shape index (κ3) is 4.83. The number of phenols is 1. The minimum absolute atomic E-state index is 0.0792. The number of rotatable bonds is 5. The van der Waals surface area contributed by atoms with Gasteiger partial charge in [0.25, 0.3) is 0 Å². The normalized spacial score (nSPS) is 27.3. The quantitative estimate of drug-likeness (QED) is 0.401. The average Bonchev–Trinajstić information content (AvgIpc) is 3.37. The van der Waals surface area contributed by atoms with E-state index in [1.165, 1.54) is 25.7 Å². The minimum Gasteiger partial charge on any atom is -0.508 e. The van der Waals surface area contributed by atoms with Crippen LogP contribution in [0.1, 0.15) is 32.6 Å². The number of carbonyl (C=O) groups is 1. The first-order chi connectivity index (χ1) is 14.1. The number of anilines is 1. The van der Waals surface area contributed by atoms with Crippen molar-refractivity contribution in [2.45, 2.75) is 38.6 Å². The van der Waals surface area contributed by atoms with Gasteiger partial charge < -0.3 is 20.6 Å². The molecule has 1 aromatic carbocycles. The second-order valence-corrected chi connectivity index (χ2v) is 8.53. The predicted octanol–water partition coefficient (Wildman–Crippen LogP) is 2.10. The van der Waals surface area contributed by atoms with Crippen molar-refractivity contribution in [3.05, 3.63) is 24.3 Å². The summed E-state index contributed by atoms with van der Waals surface area (Å²) in [5.74, 6) is 2.75. The fraction of sp³-hybridized carbons (Fsp3) is 0.636. The van der Waals surface area contributed by atoms with Crippen molar-refractivity contribution in [2.24, 2.45) is 16.8 Å². The molecule has 1 saturated heterocycles. The Balaban J connectivity index is 1.29. The second-order valence-electron chi connectivity index (χ2n) is 8.53. The fourth-order valence-electron chi connectivity index (χ4n) is 5.24. The van der Waals surface area contributed by atoms with Gasteiger partial charge in [0.05, 0.1) is 0 Å². The molecule has 2 aliphatic carbocycles. The molecule has 1 amide bonds. The van der Waals surface area contributed by atoms with Gasteiger partial charge >= 0.3 is 0 Å². The van der Waals surface area contributed by atoms with Gasteiger partial charge in [0.15, 0.2) is 5.96 Å². The first-order valence-corrected chi connectivity index (χ1v) is 11.0. The Morgan fingerprint density at radius 3 is 2.52 bits per heavy atom. The number of guanidine groups is 1. The molecule has 7 nitrogen and oxygen atoms in total. The molecule has 0 radical (unpaired) electrons. The number of piperazine rings is 1. The zero-order valence-corrected chi connectivity index (χ0v) is 17.3. The lowest BCUT2D eigenvalue weighted by atomic mass is 9.93. The van der Waals surface area contributed by atoms with Crippen LogP contribution in [-0.4, -0.2) is 72.1 Å². The molecule has 1 heterocycles. The number of amides is 1. The highest BCUT2D eigenvalue weighted by Crippen LogP contribution is 2.46. The lowest BCUT2D eigenvalue weighted by Gasteiger charge is -2.42. The largest absolute Gasteiger partial charge is 0.508 e. The van der Waals surface area contributed by atoms with Crippen molar-refractivity contribution < 1.29 is 9.90 Å². The Morgan fingerprint density at radius 1 is 1.14 bits per heavy atom. The maximum atomic E-state index is 12.3. The van der Waals surface area contributed by atoms with E-state index in [-0.39, 0.29) is 18.2 Å². The maximum Gasteiger partial charge on any atom is 0.246 e. The standard InChI is InChI=1S/C22H33N5O2/c1-2-23-22(24-15-21(29)25-18-5-7-19(28)8-6-18)27-11-9-26(10-12-27)20-14-16-3-4-17(20)13-16/h5-8,16-17,20,28H,2-4,9-15H2,1H3,(H,23,24)(H,25,29). The first-order valence-electron chi connectivity index (χ1n) is 11.0. The van der Waals surface area contributed by atoms with E-state index in [1.54, 1.807) is 24.3 Å². The van der Waals surface area contributed by atoms with E-state index in [1.807, 2.05) is 0 Å². The fourth-order valence-corrected chi connectivity index (χ4v) is 5.24. The van der Waals surface area contributed by atoms with Crippen LogP contribution in [0, 0.1) is 11.8 Å². The molecule has 3 unspecified atom stereocenters. The Bertz CT molecular complexity index is 727. The summed E-state index contributed by atoms with van der Waals surface area (Å²) in [6, 6.07) is 7.26. The molecule has 1 aliphatic heterocycles. The molecule has 0 aromatic heterocycles. The van der Waals surface area contributed by atoms with Crippen LogP contribution in [0.4, 0.5) is 5.69 Å². The number of fused-ring (bicyclic) bond motifs is 2. The van der Waals surface area contributed by atoms with Gasteiger partial charge in [-0.15, -0.1) is 0 Å². The molecule has 0 spiro atoms. The molecular formula is C22H33N5O2. The average molecular weight is 400 g/mol. The summed E-state index contributed by atoms with van der Waals surface area (Å²) in [4.78, 5) is 21.8. The molecule has 2 saturated carbocycles. The van der Waals surface area contributed by atoms with Gasteiger partial charge in [-0.1, -0.05) is 6.42 Å². The zero-order chi connectivity index (χ0) is 20.2. The number of nitrogens with one attached hydrogen (secondary N) is 2. The number of benzene rings is 1. The molecule has 2 bridgehead atoms. The zero-order valence-electron chi connectivity index (χ0n) is 17.3. The van der Waals surface area contributed by atoms with E-state index in [0.29, 0.717) is 5.69 Å². The molecule has 3 fully saturated rings. The Morgan fingerprint density at radius 2 is 1.90 bits per heavy atom. The van der Waals surface area contributed by atoms with Gasteiger partial charge in [0.1, 0.15) is 12.3 Å². The lowest BCUT2D eigenvalue weighted by Crippen LogP contribution is -2.55. The number of nitrogens with zero attached hydrogens (tertiary/aromatic N) is 3. The smallest absolute Gasteiger partial charge is 0.246 e. The first kappa shape index (κ1) is 20.0. The van der Waals surface area contributed by atoms with E-state index >= 15 is 0 Å². The van der Waals surface area contributed by atoms with Crippen LogP contribution in [0.25, 0.3) is 0 Å². The van der Waals surface area contributed by atoms with E-state index in [0.717, 1.165) is 56.6 Å². The number of hydrogen-bond donors (Lipinski definition) is 3. The summed E-state index contributed by atoms with van der Waals surface area (Å²) < 4.78 is 0. The molecule has 4 rings (SSSR count). The Hall–Kier alpha value is -2.28. The van der Waals surface area contributed by atoms with Crippen molar-refractivity contribution in [3.63, 3.8) is 0 Å². The number of phenolic OH excluding ortho intramolecular Hbond substituents is 1. The lowest BCUT2D eigenvalue weighted by molar-refractivity contribution is -0.114. The van der Waals surface area contributed by atoms with Crippen molar-refractivity contribution in [1.82, 2.24) is 15.1 Å². The van der Waals surface area contributed by atoms with Crippen LogP contribution in [0.15, 0.2) is 29.3 Å². The van der Waals surface area contributed by atoms with Crippen LogP contribution >= 0.6 is 0 Å². The van der Waals surface area contributed by atoms with Crippen LogP contribution in [-0.2, 0) is 4.79 Å². The van der Waals surface area contributed by atoms with Crippen LogP contribution in [0.3, 0.4) is 0 Å². The van der Waals surface area contributed by atoms with Crippen molar-refractivity contribution in [3.8, 4) is 5.75 Å². The van der Waals surface area contributed by atoms with E-state index < -0.39 is 0 Å². The second kappa shape index (κ2) is 9.03. The van der Waals surface area contributed by atoms with E-state index in [9.17, 15) is 9.90 Å². The summed E-state index contributed by atoms with van der Waals surface area (Å²) in [7, 11) is 0. The van der Waals surface area contributed by atoms with Crippen LogP contribution in [0.2, 0.25) is 0 Å². The van der Waals surface area contributed by atoms with E-state index in [2.05, 4.69) is 32.3 Å². The van der Waals surface area contributed by atoms with Gasteiger partial charge in [0, 0.05) is 44.5 Å². The van der Waals surface area contributed by atoms with Gasteiger partial charge in [-0.05, 0) is 62.3 Å². The summed E-state index contributed by atoms with van der Waals surface area (Å²) in [6.45, 7) is 6.99. The predicted molar refractivity (Wildman–Crippen MR) is 115 cm³/mol. The van der Waals surface area contributed by atoms with E-state index in [4.69, 9.17) is 0 Å². The number of carbonyl (C=O) groups excluding carboxylic acids is 1. The highest BCUT2D eigenvalue weighted by atomic mass is 16.3. The summed E-state index contributed by atoms with van der Waals surface area (Å²) in [6.07, 6.45) is 5.72. The van der Waals surface area contributed by atoms with Gasteiger partial charge in [-0.25, -0.2) is 4.99 Å². The van der Waals surface area contributed by atoms with Crippen molar-refractivity contribution in [2.75, 3.05) is 44.6 Å². The van der Waals surface area contributed by atoms with Gasteiger partial charge in [-0.3, -0.25) is 9.69 Å². The third-order valence-electron chi connectivity index (χ3n) is 6.64. The maximum absolute atomic E-state index is 12.3. The Kier molecular flexibility index (Phi) is 6.23. The topological polar surface area (TPSA) is 80.2 Å². The highest BCUT2D eigenvalue weighted by Gasteiger charge is 2.42. The number of aliphatic imine (C=N–C) groups is 1. The molecule has 3 aliphatic rings. The monoisotopic (exact) mass is 399 g/mol. The highest BCUT2D eigenvalue weighted by molar-refractivity contribution is 5.94. The molecule has 3 N–H and O–H groups in total. The molecule has 7 heteroatoms. The van der Waals surface area contributed by atoms with Crippen molar-refractivity contribution >= 4 is 17.6 Å². The van der Waals surface area contributed by atoms with Gasteiger partial charge in [0.2, 0.25) is 5.91 Å². The molecule has 3 atom stereocenters. The van der Waals surface area contributed by atoms with Gasteiger partial charge in [-0.2, -0.15) is 0 Å². The summed E-state index contributed by atoms with van der Waals surface area (Å²) in [5, 5.41) is 15.5. The molecule has 158 valence electrons. The third-order valence-corrected chi connectivity index (χ3v) is 6.64. The number of aromatic hydroxyl groups is 1. The summed E-state index contributed by atoms with van der Waals surface area (Å²) in [5.41, 5.74) is 0.660. The molecule has 1 aromatic rings. The number of hydrogen-bond acceptors (Lipinski definition) is 4.